The van der Waals surface area contributed by atoms with Crippen molar-refractivity contribution in [2.24, 2.45) is 5.92 Å². The van der Waals surface area contributed by atoms with Gasteiger partial charge < -0.3 is 19.7 Å². The fourth-order valence-electron chi connectivity index (χ4n) is 4.80. The molecule has 0 aromatic heterocycles. The highest BCUT2D eigenvalue weighted by Crippen LogP contribution is 2.45. The third-order valence-electron chi connectivity index (χ3n) is 6.25. The summed E-state index contributed by atoms with van der Waals surface area (Å²) < 4.78 is 5.93. The van der Waals surface area contributed by atoms with E-state index >= 15 is 0 Å². The van der Waals surface area contributed by atoms with Crippen LogP contribution in [0.15, 0.2) is 54.6 Å². The van der Waals surface area contributed by atoms with E-state index in [9.17, 15) is 4.79 Å². The van der Waals surface area contributed by atoms with Gasteiger partial charge in [0.05, 0.1) is 5.54 Å². The summed E-state index contributed by atoms with van der Waals surface area (Å²) in [6, 6.07) is 17.3. The molecule has 5 nitrogen and oxygen atoms in total. The molecule has 1 saturated carbocycles. The molecule has 1 aliphatic carbocycles. The number of ether oxygens (including phenoxy) is 1. The summed E-state index contributed by atoms with van der Waals surface area (Å²) in [5.74, 6) is 2.19. The highest BCUT2D eigenvalue weighted by molar-refractivity contribution is 5.86. The second kappa shape index (κ2) is 7.66. The molecule has 2 atom stereocenters. The van der Waals surface area contributed by atoms with Gasteiger partial charge in [-0.15, -0.1) is 0 Å². The van der Waals surface area contributed by atoms with E-state index in [4.69, 9.17) is 10.1 Å². The molecule has 28 heavy (non-hydrogen) atoms. The number of hydrogen-bond acceptors (Lipinski definition) is 3. The van der Waals surface area contributed by atoms with E-state index in [1.165, 1.54) is 19.3 Å². The van der Waals surface area contributed by atoms with E-state index in [-0.39, 0.29) is 6.04 Å². The molecular weight excluding hydrogens is 350 g/mol. The predicted molar refractivity (Wildman–Crippen MR) is 110 cm³/mol. The van der Waals surface area contributed by atoms with Gasteiger partial charge >= 0.3 is 0 Å². The van der Waals surface area contributed by atoms with Crippen LogP contribution >= 0.6 is 0 Å². The number of guanidine groups is 1. The summed E-state index contributed by atoms with van der Waals surface area (Å²) in [5, 5.41) is 11.7. The van der Waals surface area contributed by atoms with E-state index in [0.717, 1.165) is 36.2 Å². The summed E-state index contributed by atoms with van der Waals surface area (Å²) in [6.45, 7) is 0. The van der Waals surface area contributed by atoms with Crippen LogP contribution in [0.4, 0.5) is 0 Å². The van der Waals surface area contributed by atoms with Gasteiger partial charge in [-0.1, -0.05) is 49.6 Å². The summed E-state index contributed by atoms with van der Waals surface area (Å²) >= 11 is 0. The van der Waals surface area contributed by atoms with E-state index in [1.54, 1.807) is 4.90 Å². The molecule has 1 heterocycles. The number of carbonyl (C=O) groups is 1. The lowest BCUT2D eigenvalue weighted by molar-refractivity contribution is -0.113. The van der Waals surface area contributed by atoms with Crippen molar-refractivity contribution in [3.05, 3.63) is 60.2 Å². The van der Waals surface area contributed by atoms with Crippen LogP contribution < -0.4 is 10.1 Å². The summed E-state index contributed by atoms with van der Waals surface area (Å²) in [5.41, 5.74) is 0.491. The molecular formula is C23H27N3O2. The number of hydrogen-bond donors (Lipinski definition) is 2. The molecule has 0 radical (unpaired) electrons. The standard InChI is InChI=1S/C23H27N3O2/c1-26-21(16-27)23(25-22(26)24,17-8-4-2-5-9-17)18-12-14-20(15-13-18)28-19-10-6-3-7-11-19/h3,6-7,10-17,21H,2,4-5,8-9H2,1H3,(H2,24,25). The van der Waals surface area contributed by atoms with Crippen molar-refractivity contribution in [1.29, 1.82) is 5.41 Å². The molecule has 2 unspecified atom stereocenters. The number of rotatable bonds is 5. The Balaban J connectivity index is 1.69. The smallest absolute Gasteiger partial charge is 0.192 e. The normalized spacial score (nSPS) is 25.4. The van der Waals surface area contributed by atoms with Crippen LogP contribution in [0.25, 0.3) is 0 Å². The molecule has 2 aliphatic rings. The lowest BCUT2D eigenvalue weighted by Crippen LogP contribution is -2.53. The van der Waals surface area contributed by atoms with Crippen molar-refractivity contribution in [2.75, 3.05) is 7.05 Å². The maximum absolute atomic E-state index is 12.1. The fraction of sp³-hybridized carbons (Fsp3) is 0.391. The number of likely N-dealkylation sites (N-methyl/N-ethyl adjacent to an activating group) is 1. The molecule has 2 fully saturated rings. The Kier molecular flexibility index (Phi) is 5.07. The van der Waals surface area contributed by atoms with E-state index in [2.05, 4.69) is 5.32 Å². The highest BCUT2D eigenvalue weighted by atomic mass is 16.5. The van der Waals surface area contributed by atoms with Gasteiger partial charge in [0, 0.05) is 7.05 Å². The number of nitrogens with one attached hydrogen (secondary N) is 2. The SMILES string of the molecule is CN1C(=N)NC(c2ccc(Oc3ccccc3)cc2)(C2CCCCC2)C1C=O. The van der Waals surface area contributed by atoms with Crippen LogP contribution in [0.5, 0.6) is 11.5 Å². The quantitative estimate of drug-likeness (QED) is 0.763. The van der Waals surface area contributed by atoms with E-state index in [1.807, 2.05) is 61.6 Å². The van der Waals surface area contributed by atoms with Gasteiger partial charge in [-0.3, -0.25) is 5.41 Å². The van der Waals surface area contributed by atoms with Crippen molar-refractivity contribution in [3.8, 4) is 11.5 Å². The maximum atomic E-state index is 12.1. The van der Waals surface area contributed by atoms with Crippen LogP contribution in [0, 0.1) is 11.3 Å². The zero-order chi connectivity index (χ0) is 19.6. The first-order valence-corrected chi connectivity index (χ1v) is 10.0. The Bertz CT molecular complexity index is 831. The van der Waals surface area contributed by atoms with Crippen LogP contribution in [0.1, 0.15) is 37.7 Å². The molecule has 146 valence electrons. The van der Waals surface area contributed by atoms with Crippen molar-refractivity contribution in [2.45, 2.75) is 43.7 Å². The highest BCUT2D eigenvalue weighted by Gasteiger charge is 2.54. The summed E-state index contributed by atoms with van der Waals surface area (Å²) in [7, 11) is 1.83. The Morgan fingerprint density at radius 3 is 2.32 bits per heavy atom. The third kappa shape index (κ3) is 3.15. The number of nitrogens with zero attached hydrogens (tertiary/aromatic N) is 1. The van der Waals surface area contributed by atoms with Gasteiger partial charge in [-0.25, -0.2) is 0 Å². The Morgan fingerprint density at radius 2 is 1.68 bits per heavy atom. The van der Waals surface area contributed by atoms with Crippen molar-refractivity contribution in [1.82, 2.24) is 10.2 Å². The van der Waals surface area contributed by atoms with Gasteiger partial charge in [-0.05, 0) is 48.6 Å². The topological polar surface area (TPSA) is 65.4 Å². The molecule has 0 amide bonds. The van der Waals surface area contributed by atoms with Crippen LogP contribution in [0.3, 0.4) is 0 Å². The third-order valence-corrected chi connectivity index (χ3v) is 6.25. The molecule has 5 heteroatoms. The van der Waals surface area contributed by atoms with Crippen LogP contribution in [0.2, 0.25) is 0 Å². The minimum absolute atomic E-state index is 0.312. The lowest BCUT2D eigenvalue weighted by atomic mass is 9.68. The first kappa shape index (κ1) is 18.5. The number of benzene rings is 2. The largest absolute Gasteiger partial charge is 0.457 e. The van der Waals surface area contributed by atoms with Crippen LogP contribution in [-0.4, -0.2) is 30.2 Å². The van der Waals surface area contributed by atoms with Gasteiger partial charge in [0.2, 0.25) is 0 Å². The van der Waals surface area contributed by atoms with E-state index < -0.39 is 5.54 Å². The summed E-state index contributed by atoms with van der Waals surface area (Å²) in [6.07, 6.45) is 6.73. The minimum Gasteiger partial charge on any atom is -0.457 e. The molecule has 0 bridgehead atoms. The molecule has 0 spiro atoms. The first-order valence-electron chi connectivity index (χ1n) is 10.0. The zero-order valence-corrected chi connectivity index (χ0v) is 16.2. The fourth-order valence-corrected chi connectivity index (χ4v) is 4.80. The zero-order valence-electron chi connectivity index (χ0n) is 16.2. The molecule has 1 saturated heterocycles. The number of para-hydroxylation sites is 1. The van der Waals surface area contributed by atoms with E-state index in [0.29, 0.717) is 11.9 Å². The minimum atomic E-state index is -0.556. The molecule has 4 rings (SSSR count). The Labute approximate surface area is 166 Å². The Hall–Kier alpha value is -2.82. The van der Waals surface area contributed by atoms with Crippen molar-refractivity contribution >= 4 is 12.2 Å². The molecule has 2 aromatic carbocycles. The van der Waals surface area contributed by atoms with Gasteiger partial charge in [0.15, 0.2) is 5.96 Å². The number of aldehydes is 1. The first-order chi connectivity index (χ1) is 13.6. The van der Waals surface area contributed by atoms with Crippen molar-refractivity contribution < 1.29 is 9.53 Å². The van der Waals surface area contributed by atoms with Gasteiger partial charge in [0.1, 0.15) is 23.8 Å². The average molecular weight is 377 g/mol. The van der Waals surface area contributed by atoms with Crippen molar-refractivity contribution in [3.63, 3.8) is 0 Å². The average Bonchev–Trinajstić information content (AvgIpc) is 3.01. The second-order valence-electron chi connectivity index (χ2n) is 7.81. The van der Waals surface area contributed by atoms with Gasteiger partial charge in [-0.2, -0.15) is 0 Å². The number of carbonyl (C=O) groups excluding carboxylic acids is 1. The molecule has 2 aromatic rings. The monoisotopic (exact) mass is 377 g/mol. The predicted octanol–water partition coefficient (Wildman–Crippen LogP) is 4.29. The Morgan fingerprint density at radius 1 is 1.04 bits per heavy atom. The maximum Gasteiger partial charge on any atom is 0.192 e. The lowest BCUT2D eigenvalue weighted by Gasteiger charge is -2.42. The summed E-state index contributed by atoms with van der Waals surface area (Å²) in [4.78, 5) is 13.9. The molecule has 2 N–H and O–H groups in total. The van der Waals surface area contributed by atoms with Crippen LogP contribution in [-0.2, 0) is 10.3 Å². The molecule has 1 aliphatic heterocycles. The van der Waals surface area contributed by atoms with Gasteiger partial charge in [0.25, 0.3) is 0 Å². The second-order valence-corrected chi connectivity index (χ2v) is 7.81.